The Morgan fingerprint density at radius 2 is 2.07 bits per heavy atom. The largest absolute Gasteiger partial charge is 0.491 e. The number of halogens is 1. The molecule has 0 heterocycles. The molecule has 150 valence electrons. The van der Waals surface area contributed by atoms with E-state index in [-0.39, 0.29) is 5.56 Å². The van der Waals surface area contributed by atoms with Crippen LogP contribution in [0.25, 0.3) is 0 Å². The zero-order valence-corrected chi connectivity index (χ0v) is 17.4. The molecule has 2 N–H and O–H groups in total. The van der Waals surface area contributed by atoms with Crippen LogP contribution in [0.5, 0.6) is 5.75 Å². The maximum atomic E-state index is 11.4. The van der Waals surface area contributed by atoms with Crippen LogP contribution in [0.2, 0.25) is 5.02 Å². The summed E-state index contributed by atoms with van der Waals surface area (Å²) in [7, 11) is 0. The molecule has 7 heteroatoms. The minimum atomic E-state index is -0.947. The van der Waals surface area contributed by atoms with Gasteiger partial charge in [-0.25, -0.2) is 4.79 Å². The summed E-state index contributed by atoms with van der Waals surface area (Å²) in [6, 6.07) is 10.7. The van der Waals surface area contributed by atoms with E-state index in [1.165, 1.54) is 31.2 Å². The summed E-state index contributed by atoms with van der Waals surface area (Å²) in [4.78, 5) is 12.3. The van der Waals surface area contributed by atoms with Gasteiger partial charge in [-0.2, -0.15) is 5.26 Å². The van der Waals surface area contributed by atoms with E-state index in [0.717, 1.165) is 23.3 Å². The molecule has 2 aromatic rings. The van der Waals surface area contributed by atoms with E-state index in [0.29, 0.717) is 40.5 Å². The number of hydrogen-bond acceptors (Lipinski definition) is 5. The van der Waals surface area contributed by atoms with Gasteiger partial charge in [-0.05, 0) is 73.2 Å². The Bertz CT molecular complexity index is 981. The maximum Gasteiger partial charge on any atom is 0.335 e. The molecule has 0 amide bonds. The van der Waals surface area contributed by atoms with Crippen molar-refractivity contribution in [2.45, 2.75) is 42.9 Å². The second-order valence-corrected chi connectivity index (χ2v) is 8.84. The molecule has 0 radical (unpaired) electrons. The van der Waals surface area contributed by atoms with Crippen LogP contribution >= 0.6 is 23.5 Å². The number of hydrogen-bond donors (Lipinski definition) is 2. The van der Waals surface area contributed by atoms with E-state index >= 15 is 0 Å². The first-order valence-electron chi connectivity index (χ1n) is 9.71. The molecular formula is C22H21ClN2O3S. The third-order valence-corrected chi connectivity index (χ3v) is 6.65. The third-order valence-electron chi connectivity index (χ3n) is 5.44. The molecule has 2 fully saturated rings. The molecule has 2 saturated carbocycles. The number of benzene rings is 2. The average Bonchev–Trinajstić information content (AvgIpc) is 3.51. The van der Waals surface area contributed by atoms with Crippen LogP contribution in [0.4, 0.5) is 5.69 Å². The summed E-state index contributed by atoms with van der Waals surface area (Å²) < 4.78 is 9.27. The molecule has 0 aromatic heterocycles. The van der Waals surface area contributed by atoms with Crippen molar-refractivity contribution in [2.24, 2.45) is 5.92 Å². The lowest BCUT2D eigenvalue weighted by atomic mass is 9.86. The topological polar surface area (TPSA) is 82.4 Å². The second-order valence-electron chi connectivity index (χ2n) is 7.58. The van der Waals surface area contributed by atoms with E-state index in [2.05, 4.69) is 10.8 Å². The average molecular weight is 429 g/mol. The number of nitrogens with one attached hydrogen (secondary N) is 1. The SMILES string of the molecule is N#Cc1cc(NSc2cc(C(=O)O)ccc2C2CC2)c(OCC2CCC2)cc1Cl. The van der Waals surface area contributed by atoms with Crippen LogP contribution in [-0.4, -0.2) is 17.7 Å². The highest BCUT2D eigenvalue weighted by atomic mass is 35.5. The normalized spacial score (nSPS) is 16.0. The maximum absolute atomic E-state index is 11.4. The van der Waals surface area contributed by atoms with Crippen LogP contribution in [-0.2, 0) is 0 Å². The molecular weight excluding hydrogens is 408 g/mol. The molecule has 0 aliphatic heterocycles. The Morgan fingerprint density at radius 3 is 2.69 bits per heavy atom. The summed E-state index contributed by atoms with van der Waals surface area (Å²) in [5.74, 6) is 0.711. The zero-order valence-electron chi connectivity index (χ0n) is 15.8. The Kier molecular flexibility index (Phi) is 5.89. The molecule has 5 nitrogen and oxygen atoms in total. The Labute approximate surface area is 179 Å². The number of rotatable bonds is 8. The van der Waals surface area contributed by atoms with Crippen molar-refractivity contribution in [2.75, 3.05) is 11.3 Å². The van der Waals surface area contributed by atoms with E-state index in [1.807, 2.05) is 6.07 Å². The summed E-state index contributed by atoms with van der Waals surface area (Å²) in [5, 5.41) is 19.0. The van der Waals surface area contributed by atoms with Crippen molar-refractivity contribution in [1.29, 1.82) is 5.26 Å². The van der Waals surface area contributed by atoms with Gasteiger partial charge < -0.3 is 14.6 Å². The van der Waals surface area contributed by atoms with Crippen LogP contribution in [0.1, 0.15) is 59.5 Å². The first kappa shape index (κ1) is 19.9. The molecule has 29 heavy (non-hydrogen) atoms. The van der Waals surface area contributed by atoms with E-state index in [1.54, 1.807) is 24.3 Å². The predicted octanol–water partition coefficient (Wildman–Crippen LogP) is 6.09. The Morgan fingerprint density at radius 1 is 1.28 bits per heavy atom. The number of nitrogens with zero attached hydrogens (tertiary/aromatic N) is 1. The van der Waals surface area contributed by atoms with Gasteiger partial charge >= 0.3 is 5.97 Å². The first-order valence-corrected chi connectivity index (χ1v) is 10.9. The highest BCUT2D eigenvalue weighted by Gasteiger charge is 2.27. The molecule has 2 aliphatic carbocycles. The number of anilines is 1. The van der Waals surface area contributed by atoms with Gasteiger partial charge in [-0.1, -0.05) is 24.1 Å². The van der Waals surface area contributed by atoms with Gasteiger partial charge in [0.25, 0.3) is 0 Å². The van der Waals surface area contributed by atoms with Crippen molar-refractivity contribution < 1.29 is 14.6 Å². The quantitative estimate of drug-likeness (QED) is 0.495. The van der Waals surface area contributed by atoms with Gasteiger partial charge in [-0.15, -0.1) is 0 Å². The van der Waals surface area contributed by atoms with Gasteiger partial charge in [0.05, 0.1) is 28.4 Å². The van der Waals surface area contributed by atoms with Crippen molar-refractivity contribution in [3.8, 4) is 11.8 Å². The minimum Gasteiger partial charge on any atom is -0.491 e. The van der Waals surface area contributed by atoms with Gasteiger partial charge in [0.1, 0.15) is 11.8 Å². The van der Waals surface area contributed by atoms with Crippen molar-refractivity contribution in [3.05, 3.63) is 52.0 Å². The van der Waals surface area contributed by atoms with Crippen molar-refractivity contribution in [3.63, 3.8) is 0 Å². The van der Waals surface area contributed by atoms with Crippen molar-refractivity contribution in [1.82, 2.24) is 0 Å². The Balaban J connectivity index is 1.57. The summed E-state index contributed by atoms with van der Waals surface area (Å²) in [6.45, 7) is 0.628. The number of carboxylic acid groups (broad SMARTS) is 1. The number of ether oxygens (including phenoxy) is 1. The van der Waals surface area contributed by atoms with E-state index in [4.69, 9.17) is 16.3 Å². The molecule has 0 atom stereocenters. The molecule has 0 bridgehead atoms. The summed E-state index contributed by atoms with van der Waals surface area (Å²) in [5.41, 5.74) is 2.44. The van der Waals surface area contributed by atoms with E-state index < -0.39 is 5.97 Å². The van der Waals surface area contributed by atoms with E-state index in [9.17, 15) is 15.2 Å². The summed E-state index contributed by atoms with van der Waals surface area (Å²) >= 11 is 7.56. The lowest BCUT2D eigenvalue weighted by Crippen LogP contribution is -2.19. The lowest BCUT2D eigenvalue weighted by Gasteiger charge is -2.26. The first-order chi connectivity index (χ1) is 14.0. The Hall–Kier alpha value is -2.36. The number of aromatic carboxylic acids is 1. The zero-order chi connectivity index (χ0) is 20.4. The molecule has 2 aliphatic rings. The van der Waals surface area contributed by atoms with Crippen LogP contribution < -0.4 is 9.46 Å². The minimum absolute atomic E-state index is 0.258. The number of nitriles is 1. The molecule has 0 spiro atoms. The van der Waals surface area contributed by atoms with Crippen LogP contribution in [0.15, 0.2) is 35.2 Å². The van der Waals surface area contributed by atoms with Gasteiger partial charge in [0.2, 0.25) is 0 Å². The molecule has 0 unspecified atom stereocenters. The standard InChI is InChI=1S/C22H21ClN2O3S/c23-18-10-20(28-12-13-2-1-3-13)19(8-16(18)11-24)25-29-21-9-15(22(26)27)6-7-17(21)14-4-5-14/h6-10,13-14,25H,1-5,12H2,(H,26,27). The number of carbonyl (C=O) groups is 1. The predicted molar refractivity (Wildman–Crippen MR) is 114 cm³/mol. The molecule has 4 rings (SSSR count). The monoisotopic (exact) mass is 428 g/mol. The molecule has 0 saturated heterocycles. The fourth-order valence-corrected chi connectivity index (χ4v) is 4.42. The number of carboxylic acids is 1. The lowest BCUT2D eigenvalue weighted by molar-refractivity contribution is 0.0696. The summed E-state index contributed by atoms with van der Waals surface area (Å²) in [6.07, 6.45) is 5.83. The van der Waals surface area contributed by atoms with Crippen LogP contribution in [0.3, 0.4) is 0 Å². The molecule has 2 aromatic carbocycles. The highest BCUT2D eigenvalue weighted by molar-refractivity contribution is 8.00. The smallest absolute Gasteiger partial charge is 0.335 e. The second kappa shape index (κ2) is 8.56. The fourth-order valence-electron chi connectivity index (χ4n) is 3.30. The highest BCUT2D eigenvalue weighted by Crippen LogP contribution is 2.45. The van der Waals surface area contributed by atoms with Gasteiger partial charge in [0.15, 0.2) is 0 Å². The third kappa shape index (κ3) is 4.63. The van der Waals surface area contributed by atoms with Crippen molar-refractivity contribution >= 4 is 35.2 Å². The van der Waals surface area contributed by atoms with Crippen LogP contribution in [0, 0.1) is 17.2 Å². The fraction of sp³-hybridized carbons (Fsp3) is 0.364. The van der Waals surface area contributed by atoms with Gasteiger partial charge in [-0.3, -0.25) is 0 Å². The van der Waals surface area contributed by atoms with Gasteiger partial charge in [0, 0.05) is 11.0 Å².